The summed E-state index contributed by atoms with van der Waals surface area (Å²) in [6, 6.07) is 4.14. The highest BCUT2D eigenvalue weighted by molar-refractivity contribution is 6.31. The van der Waals surface area contributed by atoms with Crippen molar-refractivity contribution in [3.8, 4) is 0 Å². The van der Waals surface area contributed by atoms with Gasteiger partial charge in [0.1, 0.15) is 12.1 Å². The van der Waals surface area contributed by atoms with Crippen LogP contribution in [0.25, 0.3) is 0 Å². The smallest absolute Gasteiger partial charge is 0.238 e. The topological polar surface area (TPSA) is 58.4 Å². The Hall–Kier alpha value is -1.92. The lowest BCUT2D eigenvalue weighted by atomic mass is 9.97. The number of rotatable bonds is 4. The van der Waals surface area contributed by atoms with Gasteiger partial charge in [-0.05, 0) is 44.1 Å². The number of nitrogens with zero attached hydrogens (tertiary/aromatic N) is 2. The van der Waals surface area contributed by atoms with Gasteiger partial charge in [0.05, 0.1) is 17.8 Å². The first-order chi connectivity index (χ1) is 11.1. The molecule has 3 rings (SSSR count). The summed E-state index contributed by atoms with van der Waals surface area (Å²) in [4.78, 5) is 18.3. The molecular formula is C16H17ClFN3O2. The second-order valence-corrected chi connectivity index (χ2v) is 6.01. The molecule has 1 aromatic carbocycles. The maximum Gasteiger partial charge on any atom is 0.238 e. The molecule has 1 aromatic heterocycles. The van der Waals surface area contributed by atoms with Gasteiger partial charge in [-0.2, -0.15) is 0 Å². The van der Waals surface area contributed by atoms with Gasteiger partial charge in [-0.25, -0.2) is 9.37 Å². The van der Waals surface area contributed by atoms with E-state index < -0.39 is 5.82 Å². The van der Waals surface area contributed by atoms with E-state index >= 15 is 0 Å². The lowest BCUT2D eigenvalue weighted by Gasteiger charge is -2.29. The van der Waals surface area contributed by atoms with E-state index in [0.29, 0.717) is 18.2 Å². The third kappa shape index (κ3) is 4.09. The van der Waals surface area contributed by atoms with E-state index in [2.05, 4.69) is 15.2 Å². The highest BCUT2D eigenvalue weighted by atomic mass is 35.5. The largest absolute Gasteiger partial charge is 0.449 e. The molecule has 1 aliphatic rings. The van der Waals surface area contributed by atoms with Gasteiger partial charge in [0, 0.05) is 11.6 Å². The molecule has 1 saturated heterocycles. The summed E-state index contributed by atoms with van der Waals surface area (Å²) in [6.07, 6.45) is 5.07. The van der Waals surface area contributed by atoms with Crippen molar-refractivity contribution in [2.24, 2.45) is 0 Å². The zero-order valence-corrected chi connectivity index (χ0v) is 13.2. The molecule has 0 unspecified atom stereocenters. The van der Waals surface area contributed by atoms with Crippen molar-refractivity contribution >= 4 is 23.2 Å². The number of oxazole rings is 1. The first-order valence-corrected chi connectivity index (χ1v) is 7.86. The number of halogens is 2. The van der Waals surface area contributed by atoms with Crippen LogP contribution in [0.5, 0.6) is 0 Å². The Kier molecular flexibility index (Phi) is 4.93. The van der Waals surface area contributed by atoms with Crippen molar-refractivity contribution in [2.45, 2.75) is 18.8 Å². The number of piperidine rings is 1. The van der Waals surface area contributed by atoms with Crippen molar-refractivity contribution in [2.75, 3.05) is 25.0 Å². The minimum atomic E-state index is -0.502. The van der Waals surface area contributed by atoms with Crippen LogP contribution in [-0.2, 0) is 4.79 Å². The zero-order valence-electron chi connectivity index (χ0n) is 12.5. The van der Waals surface area contributed by atoms with Crippen LogP contribution in [0.1, 0.15) is 24.7 Å². The van der Waals surface area contributed by atoms with Gasteiger partial charge in [-0.15, -0.1) is 0 Å². The van der Waals surface area contributed by atoms with Crippen LogP contribution in [0, 0.1) is 5.82 Å². The number of amides is 1. The van der Waals surface area contributed by atoms with Crippen LogP contribution in [0.3, 0.4) is 0 Å². The van der Waals surface area contributed by atoms with Gasteiger partial charge in [-0.1, -0.05) is 11.6 Å². The maximum absolute atomic E-state index is 13.1. The average Bonchev–Trinajstić information content (AvgIpc) is 3.06. The number of aromatic nitrogens is 1. The fourth-order valence-corrected chi connectivity index (χ4v) is 2.93. The first-order valence-electron chi connectivity index (χ1n) is 7.48. The quantitative estimate of drug-likeness (QED) is 0.930. The number of hydrogen-bond donors (Lipinski definition) is 1. The lowest BCUT2D eigenvalue weighted by Crippen LogP contribution is -2.38. The predicted molar refractivity (Wildman–Crippen MR) is 85.0 cm³/mol. The van der Waals surface area contributed by atoms with Gasteiger partial charge in [-0.3, -0.25) is 9.69 Å². The number of carbonyl (C=O) groups excluding carboxylic acids is 1. The number of nitrogens with one attached hydrogen (secondary N) is 1. The van der Waals surface area contributed by atoms with Crippen molar-refractivity contribution in [3.05, 3.63) is 47.4 Å². The van der Waals surface area contributed by atoms with Crippen LogP contribution < -0.4 is 5.32 Å². The molecule has 1 aliphatic heterocycles. The Bertz CT molecular complexity index is 670. The second kappa shape index (κ2) is 7.10. The molecule has 1 N–H and O–H groups in total. The van der Waals surface area contributed by atoms with Gasteiger partial charge in [0.15, 0.2) is 5.89 Å². The number of hydrogen-bond acceptors (Lipinski definition) is 4. The SMILES string of the molecule is O=C(CN1CCC(c2ncco2)CC1)Nc1ccc(F)c(Cl)c1. The Morgan fingerprint density at radius 2 is 2.22 bits per heavy atom. The Morgan fingerprint density at radius 3 is 2.87 bits per heavy atom. The van der Waals surface area contributed by atoms with Crippen LogP contribution in [0.15, 0.2) is 35.1 Å². The second-order valence-electron chi connectivity index (χ2n) is 5.60. The first kappa shape index (κ1) is 16.0. The van der Waals surface area contributed by atoms with E-state index in [-0.39, 0.29) is 10.9 Å². The molecule has 1 amide bonds. The summed E-state index contributed by atoms with van der Waals surface area (Å²) in [6.45, 7) is 1.92. The summed E-state index contributed by atoms with van der Waals surface area (Å²) < 4.78 is 18.4. The third-order valence-corrected chi connectivity index (χ3v) is 4.25. The van der Waals surface area contributed by atoms with Crippen molar-refractivity contribution in [1.82, 2.24) is 9.88 Å². The van der Waals surface area contributed by atoms with Gasteiger partial charge in [0.25, 0.3) is 0 Å². The highest BCUT2D eigenvalue weighted by Gasteiger charge is 2.24. The van der Waals surface area contributed by atoms with Crippen LogP contribution >= 0.6 is 11.6 Å². The summed E-state index contributed by atoms with van der Waals surface area (Å²) in [7, 11) is 0. The number of likely N-dealkylation sites (tertiary alicyclic amines) is 1. The number of carbonyl (C=O) groups is 1. The third-order valence-electron chi connectivity index (χ3n) is 3.96. The molecule has 0 atom stereocenters. The summed E-state index contributed by atoms with van der Waals surface area (Å²) in [5.41, 5.74) is 0.496. The van der Waals surface area contributed by atoms with E-state index in [9.17, 15) is 9.18 Å². The monoisotopic (exact) mass is 337 g/mol. The van der Waals surface area contributed by atoms with Crippen LogP contribution in [0.4, 0.5) is 10.1 Å². The Balaban J connectivity index is 1.48. The Labute approximate surface area is 138 Å². The average molecular weight is 338 g/mol. The molecule has 0 spiro atoms. The van der Waals surface area contributed by atoms with Crippen molar-refractivity contribution in [3.63, 3.8) is 0 Å². The summed E-state index contributed by atoms with van der Waals surface area (Å²) >= 11 is 5.70. The summed E-state index contributed by atoms with van der Waals surface area (Å²) in [5, 5.41) is 2.73. The van der Waals surface area contributed by atoms with E-state index in [1.54, 1.807) is 12.5 Å². The van der Waals surface area contributed by atoms with E-state index in [1.807, 2.05) is 0 Å². The molecule has 0 radical (unpaired) electrons. The van der Waals surface area contributed by atoms with Gasteiger partial charge in [0.2, 0.25) is 5.91 Å². The van der Waals surface area contributed by atoms with Crippen LogP contribution in [0.2, 0.25) is 5.02 Å². The molecule has 2 aromatic rings. The molecule has 0 aliphatic carbocycles. The highest BCUT2D eigenvalue weighted by Crippen LogP contribution is 2.26. The summed E-state index contributed by atoms with van der Waals surface area (Å²) in [5.74, 6) is 0.454. The standard InChI is InChI=1S/C16H17ClFN3O2/c17-13-9-12(1-2-14(13)18)20-15(22)10-21-6-3-11(4-7-21)16-19-5-8-23-16/h1-2,5,8-9,11H,3-4,6-7,10H2,(H,20,22). The van der Waals surface area contributed by atoms with Crippen molar-refractivity contribution < 1.29 is 13.6 Å². The minimum Gasteiger partial charge on any atom is -0.449 e. The molecular weight excluding hydrogens is 321 g/mol. The van der Waals surface area contributed by atoms with E-state index in [4.69, 9.17) is 16.0 Å². The predicted octanol–water partition coefficient (Wildman–Crippen LogP) is 3.29. The fraction of sp³-hybridized carbons (Fsp3) is 0.375. The minimum absolute atomic E-state index is 0.00504. The molecule has 1 fully saturated rings. The van der Waals surface area contributed by atoms with E-state index in [0.717, 1.165) is 31.8 Å². The van der Waals surface area contributed by atoms with Gasteiger partial charge >= 0.3 is 0 Å². The number of benzene rings is 1. The maximum atomic E-state index is 13.1. The normalized spacial score (nSPS) is 16.4. The van der Waals surface area contributed by atoms with Crippen molar-refractivity contribution in [1.29, 1.82) is 0 Å². The van der Waals surface area contributed by atoms with E-state index in [1.165, 1.54) is 18.2 Å². The molecule has 122 valence electrons. The molecule has 23 heavy (non-hydrogen) atoms. The van der Waals surface area contributed by atoms with Crippen LogP contribution in [-0.4, -0.2) is 35.4 Å². The molecule has 2 heterocycles. The lowest BCUT2D eigenvalue weighted by molar-refractivity contribution is -0.117. The fourth-order valence-electron chi connectivity index (χ4n) is 2.75. The Morgan fingerprint density at radius 1 is 1.43 bits per heavy atom. The van der Waals surface area contributed by atoms with Gasteiger partial charge < -0.3 is 9.73 Å². The molecule has 7 heteroatoms. The molecule has 5 nitrogen and oxygen atoms in total. The number of anilines is 1. The molecule has 0 saturated carbocycles. The molecule has 0 bridgehead atoms. The zero-order chi connectivity index (χ0) is 16.2.